The van der Waals surface area contributed by atoms with Crippen LogP contribution in [-0.4, -0.2) is 40.5 Å². The molecule has 17 heavy (non-hydrogen) atoms. The highest BCUT2D eigenvalue weighted by Crippen LogP contribution is 2.11. The number of carbonyl (C=O) groups is 1. The van der Waals surface area contributed by atoms with Crippen LogP contribution in [0.4, 0.5) is 5.95 Å². The van der Waals surface area contributed by atoms with Crippen molar-refractivity contribution < 1.29 is 4.79 Å². The van der Waals surface area contributed by atoms with Gasteiger partial charge in [0, 0.05) is 18.8 Å². The van der Waals surface area contributed by atoms with Crippen LogP contribution in [0.1, 0.15) is 11.4 Å². The van der Waals surface area contributed by atoms with Crippen molar-refractivity contribution in [3.63, 3.8) is 0 Å². The van der Waals surface area contributed by atoms with Crippen LogP contribution in [0, 0.1) is 6.92 Å². The molecule has 1 aromatic rings. The van der Waals surface area contributed by atoms with Gasteiger partial charge in [0.15, 0.2) is 0 Å². The molecule has 0 aliphatic carbocycles. The summed E-state index contributed by atoms with van der Waals surface area (Å²) < 4.78 is 0. The van der Waals surface area contributed by atoms with Gasteiger partial charge in [0.25, 0.3) is 0 Å². The van der Waals surface area contributed by atoms with Crippen molar-refractivity contribution in [1.29, 1.82) is 0 Å². The highest BCUT2D eigenvalue weighted by atomic mass is 32.1. The van der Waals surface area contributed by atoms with Crippen molar-refractivity contribution in [2.45, 2.75) is 6.92 Å². The molecule has 6 nitrogen and oxygen atoms in total. The van der Waals surface area contributed by atoms with Gasteiger partial charge in [-0.1, -0.05) is 12.2 Å². The molecule has 3 N–H and O–H groups in total. The molecule has 0 bridgehead atoms. The summed E-state index contributed by atoms with van der Waals surface area (Å²) in [5.74, 6) is 0.473. The Morgan fingerprint density at radius 1 is 1.59 bits per heavy atom. The first kappa shape index (κ1) is 11.7. The minimum atomic E-state index is -0.0294. The maximum atomic E-state index is 11.3. The molecule has 0 unspecified atom stereocenters. The maximum absolute atomic E-state index is 11.3. The summed E-state index contributed by atoms with van der Waals surface area (Å²) in [4.78, 5) is 21.9. The van der Waals surface area contributed by atoms with Crippen LogP contribution in [0.5, 0.6) is 0 Å². The summed E-state index contributed by atoms with van der Waals surface area (Å²) in [6.07, 6.45) is 0. The van der Waals surface area contributed by atoms with Gasteiger partial charge in [0.1, 0.15) is 10.7 Å². The first-order chi connectivity index (χ1) is 8.06. The zero-order valence-electron chi connectivity index (χ0n) is 9.43. The fourth-order valence-corrected chi connectivity index (χ4v) is 1.73. The predicted octanol–water partition coefficient (Wildman–Crippen LogP) is -0.645. The number of nitrogens with zero attached hydrogens (tertiary/aromatic N) is 3. The van der Waals surface area contributed by atoms with E-state index < -0.39 is 0 Å². The van der Waals surface area contributed by atoms with Gasteiger partial charge in [0.05, 0.1) is 6.54 Å². The highest BCUT2D eigenvalue weighted by Gasteiger charge is 2.19. The minimum absolute atomic E-state index is 0.0294. The molecular weight excluding hydrogens is 238 g/mol. The van der Waals surface area contributed by atoms with Gasteiger partial charge in [-0.05, 0) is 13.0 Å². The third-order valence-electron chi connectivity index (χ3n) is 2.42. The molecule has 2 rings (SSSR count). The number of nitrogens with one attached hydrogen (secondary N) is 1. The van der Waals surface area contributed by atoms with E-state index in [2.05, 4.69) is 15.3 Å². The molecular formula is C10H13N5OS. The number of rotatable bonds is 2. The second-order valence-electron chi connectivity index (χ2n) is 3.83. The number of thiocarbonyl (C=S) groups is 1. The second-order valence-corrected chi connectivity index (χ2v) is 4.27. The molecule has 1 saturated heterocycles. The van der Waals surface area contributed by atoms with E-state index in [1.807, 2.05) is 11.8 Å². The van der Waals surface area contributed by atoms with E-state index in [-0.39, 0.29) is 17.4 Å². The molecule has 1 aliphatic heterocycles. The summed E-state index contributed by atoms with van der Waals surface area (Å²) in [5.41, 5.74) is 6.87. The lowest BCUT2D eigenvalue weighted by Crippen LogP contribution is -2.48. The van der Waals surface area contributed by atoms with E-state index in [0.29, 0.717) is 24.7 Å². The molecule has 1 aliphatic rings. The van der Waals surface area contributed by atoms with Crippen molar-refractivity contribution in [2.75, 3.05) is 24.5 Å². The number of anilines is 1. The molecule has 0 spiro atoms. The standard InChI is InChI=1S/C10H13N5OS/c1-6-4-7(9(11)17)14-10(13-6)15-3-2-12-8(16)5-15/h4H,2-3,5H2,1H3,(H2,11,17)(H,12,16). The zero-order chi connectivity index (χ0) is 12.4. The Kier molecular flexibility index (Phi) is 3.19. The van der Waals surface area contributed by atoms with Crippen LogP contribution in [0.3, 0.4) is 0 Å². The lowest BCUT2D eigenvalue weighted by molar-refractivity contribution is -0.120. The van der Waals surface area contributed by atoms with E-state index in [9.17, 15) is 4.79 Å². The Balaban J connectivity index is 2.31. The van der Waals surface area contributed by atoms with Gasteiger partial charge < -0.3 is 16.0 Å². The third-order valence-corrected chi connectivity index (χ3v) is 2.63. The van der Waals surface area contributed by atoms with Crippen LogP contribution in [0.25, 0.3) is 0 Å². The topological polar surface area (TPSA) is 84.1 Å². The Morgan fingerprint density at radius 2 is 2.35 bits per heavy atom. The van der Waals surface area contributed by atoms with Gasteiger partial charge in [-0.3, -0.25) is 4.79 Å². The molecule has 1 aromatic heterocycles. The largest absolute Gasteiger partial charge is 0.388 e. The Labute approximate surface area is 104 Å². The fraction of sp³-hybridized carbons (Fsp3) is 0.400. The molecule has 1 amide bonds. The van der Waals surface area contributed by atoms with Crippen molar-refractivity contribution in [3.8, 4) is 0 Å². The summed E-state index contributed by atoms with van der Waals surface area (Å²) in [7, 11) is 0. The second kappa shape index (κ2) is 4.62. The number of hydrogen-bond acceptors (Lipinski definition) is 5. The van der Waals surface area contributed by atoms with Gasteiger partial charge >= 0.3 is 0 Å². The number of piperazine rings is 1. The van der Waals surface area contributed by atoms with Gasteiger partial charge in [-0.15, -0.1) is 0 Å². The predicted molar refractivity (Wildman–Crippen MR) is 67.9 cm³/mol. The van der Waals surface area contributed by atoms with E-state index >= 15 is 0 Å². The Morgan fingerprint density at radius 3 is 3.00 bits per heavy atom. The quantitative estimate of drug-likeness (QED) is 0.680. The Hall–Kier alpha value is -1.76. The Bertz CT molecular complexity index is 476. The molecule has 0 saturated carbocycles. The molecule has 1 fully saturated rings. The smallest absolute Gasteiger partial charge is 0.239 e. The monoisotopic (exact) mass is 251 g/mol. The lowest BCUT2D eigenvalue weighted by atomic mass is 10.3. The van der Waals surface area contributed by atoms with Gasteiger partial charge in [0.2, 0.25) is 11.9 Å². The van der Waals surface area contributed by atoms with Crippen LogP contribution < -0.4 is 16.0 Å². The van der Waals surface area contributed by atoms with E-state index in [1.165, 1.54) is 0 Å². The first-order valence-corrected chi connectivity index (χ1v) is 5.64. The number of aromatic nitrogens is 2. The third kappa shape index (κ3) is 2.68. The summed E-state index contributed by atoms with van der Waals surface area (Å²) in [6, 6.07) is 1.73. The lowest BCUT2D eigenvalue weighted by Gasteiger charge is -2.26. The average molecular weight is 251 g/mol. The molecule has 7 heteroatoms. The molecule has 90 valence electrons. The average Bonchev–Trinajstić information content (AvgIpc) is 2.28. The SMILES string of the molecule is Cc1cc(C(N)=S)nc(N2CCNC(=O)C2)n1. The minimum Gasteiger partial charge on any atom is -0.388 e. The first-order valence-electron chi connectivity index (χ1n) is 5.23. The van der Waals surface area contributed by atoms with E-state index in [4.69, 9.17) is 18.0 Å². The van der Waals surface area contributed by atoms with E-state index in [1.54, 1.807) is 6.07 Å². The summed E-state index contributed by atoms with van der Waals surface area (Å²) >= 11 is 4.90. The summed E-state index contributed by atoms with van der Waals surface area (Å²) in [5, 5.41) is 2.75. The van der Waals surface area contributed by atoms with Crippen molar-refractivity contribution >= 4 is 29.1 Å². The zero-order valence-corrected chi connectivity index (χ0v) is 10.3. The normalized spacial score (nSPS) is 15.6. The number of hydrogen-bond donors (Lipinski definition) is 2. The fourth-order valence-electron chi connectivity index (χ4n) is 1.63. The highest BCUT2D eigenvalue weighted by molar-refractivity contribution is 7.80. The number of carbonyl (C=O) groups excluding carboxylic acids is 1. The molecule has 0 radical (unpaired) electrons. The van der Waals surface area contributed by atoms with Crippen LogP contribution in [-0.2, 0) is 4.79 Å². The van der Waals surface area contributed by atoms with Crippen molar-refractivity contribution in [2.24, 2.45) is 5.73 Å². The van der Waals surface area contributed by atoms with E-state index in [0.717, 1.165) is 5.69 Å². The number of amides is 1. The van der Waals surface area contributed by atoms with Crippen molar-refractivity contribution in [1.82, 2.24) is 15.3 Å². The van der Waals surface area contributed by atoms with Crippen LogP contribution in [0.15, 0.2) is 6.07 Å². The molecule has 0 atom stereocenters. The van der Waals surface area contributed by atoms with Crippen LogP contribution in [0.2, 0.25) is 0 Å². The van der Waals surface area contributed by atoms with Crippen LogP contribution >= 0.6 is 12.2 Å². The number of nitrogens with two attached hydrogens (primary N) is 1. The van der Waals surface area contributed by atoms with Crippen molar-refractivity contribution in [3.05, 3.63) is 17.5 Å². The van der Waals surface area contributed by atoms with Gasteiger partial charge in [-0.2, -0.15) is 0 Å². The summed E-state index contributed by atoms with van der Waals surface area (Å²) in [6.45, 7) is 3.39. The maximum Gasteiger partial charge on any atom is 0.239 e. The molecule has 2 heterocycles. The number of aryl methyl sites for hydroxylation is 1. The van der Waals surface area contributed by atoms with Gasteiger partial charge in [-0.25, -0.2) is 9.97 Å². The molecule has 0 aromatic carbocycles.